The van der Waals surface area contributed by atoms with Gasteiger partial charge in [-0.1, -0.05) is 6.07 Å². The Kier molecular flexibility index (Phi) is 3.69. The monoisotopic (exact) mass is 311 g/mol. The summed E-state index contributed by atoms with van der Waals surface area (Å²) in [6.45, 7) is 1.30. The standard InChI is InChI=1S/C12H13N3O5S/c1-7(11(17)18)13-10(16)9-8-5-3-4-6-15(8)12(14-9)21(2,19)20/h3-7H,1-2H3,(H,13,16)(H,17,18)/t7-/m0/s1. The van der Waals surface area contributed by atoms with Crippen LogP contribution < -0.4 is 5.32 Å². The lowest BCUT2D eigenvalue weighted by Crippen LogP contribution is -2.38. The average molecular weight is 311 g/mol. The van der Waals surface area contributed by atoms with Crippen molar-refractivity contribution in [2.75, 3.05) is 6.26 Å². The first-order valence-corrected chi connectivity index (χ1v) is 7.81. The molecule has 2 heterocycles. The highest BCUT2D eigenvalue weighted by atomic mass is 32.2. The largest absolute Gasteiger partial charge is 0.480 e. The van der Waals surface area contributed by atoms with Gasteiger partial charge in [0, 0.05) is 12.5 Å². The van der Waals surface area contributed by atoms with E-state index >= 15 is 0 Å². The second kappa shape index (κ2) is 5.17. The Morgan fingerprint density at radius 3 is 2.62 bits per heavy atom. The molecule has 0 bridgehead atoms. The molecule has 0 spiro atoms. The molecule has 0 aliphatic rings. The van der Waals surface area contributed by atoms with Gasteiger partial charge >= 0.3 is 5.97 Å². The van der Waals surface area contributed by atoms with Gasteiger partial charge in [-0.25, -0.2) is 13.4 Å². The predicted molar refractivity (Wildman–Crippen MR) is 72.9 cm³/mol. The van der Waals surface area contributed by atoms with Crippen LogP contribution in [0.1, 0.15) is 17.4 Å². The summed E-state index contributed by atoms with van der Waals surface area (Å²) in [6, 6.07) is 3.65. The third kappa shape index (κ3) is 2.87. The van der Waals surface area contributed by atoms with E-state index in [1.54, 1.807) is 12.1 Å². The molecule has 0 saturated heterocycles. The number of hydrogen-bond donors (Lipinski definition) is 2. The SMILES string of the molecule is C[C@H](NC(=O)c1nc(S(C)(=O)=O)n2ccccc12)C(=O)O. The van der Waals surface area contributed by atoms with Crippen LogP contribution in [-0.2, 0) is 14.6 Å². The van der Waals surface area contributed by atoms with E-state index in [4.69, 9.17) is 5.11 Å². The van der Waals surface area contributed by atoms with Crippen LogP contribution in [0.2, 0.25) is 0 Å². The first-order valence-electron chi connectivity index (χ1n) is 5.92. The van der Waals surface area contributed by atoms with Crippen molar-refractivity contribution in [3.8, 4) is 0 Å². The van der Waals surface area contributed by atoms with Crippen molar-refractivity contribution in [2.45, 2.75) is 18.1 Å². The molecule has 0 saturated carbocycles. The van der Waals surface area contributed by atoms with E-state index in [0.29, 0.717) is 0 Å². The number of carbonyl (C=O) groups is 2. The second-order valence-corrected chi connectivity index (χ2v) is 6.41. The highest BCUT2D eigenvalue weighted by molar-refractivity contribution is 7.90. The number of nitrogens with zero attached hydrogens (tertiary/aromatic N) is 2. The van der Waals surface area contributed by atoms with Gasteiger partial charge in [0.15, 0.2) is 5.69 Å². The molecule has 9 heteroatoms. The molecular formula is C12H13N3O5S. The maximum Gasteiger partial charge on any atom is 0.325 e. The lowest BCUT2D eigenvalue weighted by molar-refractivity contribution is -0.138. The zero-order valence-electron chi connectivity index (χ0n) is 11.3. The fraction of sp³-hybridized carbons (Fsp3) is 0.250. The van der Waals surface area contributed by atoms with E-state index in [9.17, 15) is 18.0 Å². The van der Waals surface area contributed by atoms with Crippen molar-refractivity contribution in [1.29, 1.82) is 0 Å². The molecule has 0 fully saturated rings. The van der Waals surface area contributed by atoms with Crippen molar-refractivity contribution < 1.29 is 23.1 Å². The third-order valence-corrected chi connectivity index (χ3v) is 3.73. The summed E-state index contributed by atoms with van der Waals surface area (Å²) in [4.78, 5) is 26.7. The summed E-state index contributed by atoms with van der Waals surface area (Å²) in [7, 11) is -3.63. The molecule has 8 nitrogen and oxygen atoms in total. The van der Waals surface area contributed by atoms with Gasteiger partial charge in [0.2, 0.25) is 15.0 Å². The van der Waals surface area contributed by atoms with Gasteiger partial charge in [-0.15, -0.1) is 0 Å². The van der Waals surface area contributed by atoms with Gasteiger partial charge in [-0.2, -0.15) is 0 Å². The van der Waals surface area contributed by atoms with Crippen LogP contribution in [0.25, 0.3) is 5.52 Å². The molecule has 2 rings (SSSR count). The van der Waals surface area contributed by atoms with Crippen molar-refractivity contribution in [2.24, 2.45) is 0 Å². The van der Waals surface area contributed by atoms with E-state index in [2.05, 4.69) is 10.3 Å². The molecule has 2 aromatic heterocycles. The minimum absolute atomic E-state index is 0.135. The Morgan fingerprint density at radius 1 is 1.38 bits per heavy atom. The second-order valence-electron chi connectivity index (χ2n) is 4.50. The Labute approximate surface area is 120 Å². The molecule has 21 heavy (non-hydrogen) atoms. The number of aromatic nitrogens is 2. The number of nitrogens with one attached hydrogen (secondary N) is 1. The number of sulfone groups is 1. The lowest BCUT2D eigenvalue weighted by Gasteiger charge is -2.07. The molecule has 0 aromatic carbocycles. The van der Waals surface area contributed by atoms with Crippen LogP contribution >= 0.6 is 0 Å². The number of rotatable bonds is 4. The fourth-order valence-corrected chi connectivity index (χ4v) is 2.54. The van der Waals surface area contributed by atoms with Gasteiger partial charge in [0.25, 0.3) is 5.91 Å². The maximum atomic E-state index is 12.1. The Morgan fingerprint density at radius 2 is 2.05 bits per heavy atom. The number of carboxylic acid groups (broad SMARTS) is 1. The number of fused-ring (bicyclic) bond motifs is 1. The van der Waals surface area contributed by atoms with Crippen LogP contribution in [0.15, 0.2) is 29.6 Å². The van der Waals surface area contributed by atoms with Gasteiger partial charge in [-0.3, -0.25) is 14.0 Å². The number of aliphatic carboxylic acids is 1. The normalized spacial score (nSPS) is 13.0. The molecule has 0 aliphatic carbocycles. The van der Waals surface area contributed by atoms with Crippen LogP contribution in [0, 0.1) is 0 Å². The minimum atomic E-state index is -3.63. The van der Waals surface area contributed by atoms with Crippen molar-refractivity contribution >= 4 is 27.2 Å². The quantitative estimate of drug-likeness (QED) is 0.816. The van der Waals surface area contributed by atoms with Crippen molar-refractivity contribution in [3.63, 3.8) is 0 Å². The van der Waals surface area contributed by atoms with E-state index in [-0.39, 0.29) is 16.4 Å². The van der Waals surface area contributed by atoms with Crippen LogP contribution in [-0.4, -0.2) is 47.1 Å². The topological polar surface area (TPSA) is 118 Å². The van der Waals surface area contributed by atoms with E-state index in [0.717, 1.165) is 6.26 Å². The van der Waals surface area contributed by atoms with Gasteiger partial charge < -0.3 is 10.4 Å². The number of amides is 1. The van der Waals surface area contributed by atoms with E-state index in [1.165, 1.54) is 23.6 Å². The third-order valence-electron chi connectivity index (χ3n) is 2.78. The Balaban J connectivity index is 2.55. The van der Waals surface area contributed by atoms with E-state index < -0.39 is 27.8 Å². The summed E-state index contributed by atoms with van der Waals surface area (Å²) < 4.78 is 24.7. The highest BCUT2D eigenvalue weighted by Gasteiger charge is 2.24. The number of carbonyl (C=O) groups excluding carboxylic acids is 1. The molecule has 2 N–H and O–H groups in total. The molecule has 1 atom stereocenters. The summed E-state index contributed by atoms with van der Waals surface area (Å²) in [5.41, 5.74) is 0.150. The van der Waals surface area contributed by atoms with Crippen molar-refractivity contribution in [1.82, 2.24) is 14.7 Å². The summed E-state index contributed by atoms with van der Waals surface area (Å²) in [6.07, 6.45) is 2.45. The predicted octanol–water partition coefficient (Wildman–Crippen LogP) is -0.0593. The number of pyridine rings is 1. The summed E-state index contributed by atoms with van der Waals surface area (Å²) in [5, 5.41) is 10.8. The van der Waals surface area contributed by atoms with E-state index in [1.807, 2.05) is 0 Å². The summed E-state index contributed by atoms with van der Waals surface area (Å²) in [5.74, 6) is -1.95. The molecule has 0 aliphatic heterocycles. The van der Waals surface area contributed by atoms with Crippen molar-refractivity contribution in [3.05, 3.63) is 30.1 Å². The fourth-order valence-electron chi connectivity index (χ4n) is 1.77. The zero-order valence-corrected chi connectivity index (χ0v) is 12.1. The molecule has 0 unspecified atom stereocenters. The molecule has 0 radical (unpaired) electrons. The number of imidazole rings is 1. The molecule has 1 amide bonds. The zero-order chi connectivity index (χ0) is 15.8. The Bertz CT molecular complexity index is 825. The number of hydrogen-bond acceptors (Lipinski definition) is 5. The van der Waals surface area contributed by atoms with Crippen LogP contribution in [0.5, 0.6) is 0 Å². The smallest absolute Gasteiger partial charge is 0.325 e. The van der Waals surface area contributed by atoms with Crippen LogP contribution in [0.3, 0.4) is 0 Å². The Hall–Kier alpha value is -2.42. The summed E-state index contributed by atoms with van der Waals surface area (Å²) >= 11 is 0. The molecule has 2 aromatic rings. The minimum Gasteiger partial charge on any atom is -0.480 e. The highest BCUT2D eigenvalue weighted by Crippen LogP contribution is 2.16. The maximum absolute atomic E-state index is 12.1. The number of carboxylic acids is 1. The first-order chi connectivity index (χ1) is 9.71. The average Bonchev–Trinajstić information content (AvgIpc) is 2.77. The molecule has 112 valence electrons. The lowest BCUT2D eigenvalue weighted by atomic mass is 10.3. The van der Waals surface area contributed by atoms with Gasteiger partial charge in [0.05, 0.1) is 5.52 Å². The molecular weight excluding hydrogens is 298 g/mol. The van der Waals surface area contributed by atoms with Crippen LogP contribution in [0.4, 0.5) is 0 Å². The van der Waals surface area contributed by atoms with Gasteiger partial charge in [-0.05, 0) is 19.1 Å². The van der Waals surface area contributed by atoms with Gasteiger partial charge in [0.1, 0.15) is 6.04 Å². The first kappa shape index (κ1) is 15.0.